The van der Waals surface area contributed by atoms with E-state index in [0.29, 0.717) is 16.7 Å². The fraction of sp³-hybridized carbons (Fsp3) is 0. The Labute approximate surface area is 256 Å². The van der Waals surface area contributed by atoms with Gasteiger partial charge in [0.05, 0.1) is 6.85 Å². The minimum absolute atomic E-state index is 0.132. The van der Waals surface area contributed by atoms with E-state index in [0.717, 1.165) is 32.7 Å². The molecule has 0 amide bonds. The monoisotopic (exact) mass is 551 g/mol. The van der Waals surface area contributed by atoms with Gasteiger partial charge in [-0.15, -0.1) is 0 Å². The highest BCUT2D eigenvalue weighted by molar-refractivity contribution is 6.22. The summed E-state index contributed by atoms with van der Waals surface area (Å²) in [4.78, 5) is 0. The van der Waals surface area contributed by atoms with Gasteiger partial charge in [0.15, 0.2) is 0 Å². The summed E-state index contributed by atoms with van der Waals surface area (Å²) in [6, 6.07) is 42.4. The molecule has 0 N–H and O–H groups in total. The van der Waals surface area contributed by atoms with Crippen LogP contribution in [0.1, 0.15) is 6.85 Å². The summed E-state index contributed by atoms with van der Waals surface area (Å²) < 4.78 is 48.1. The van der Waals surface area contributed by atoms with Gasteiger partial charge in [0, 0.05) is 16.3 Å². The number of fused-ring (bicyclic) bond motifs is 6. The summed E-state index contributed by atoms with van der Waals surface area (Å²) in [5.74, 6) is 0. The van der Waals surface area contributed by atoms with Gasteiger partial charge in [-0.3, -0.25) is 0 Å². The summed E-state index contributed by atoms with van der Waals surface area (Å²) >= 11 is 0. The molecule has 0 radical (unpaired) electrons. The molecule has 0 unspecified atom stereocenters. The molecule has 43 heavy (non-hydrogen) atoms. The first kappa shape index (κ1) is 19.5. The van der Waals surface area contributed by atoms with Crippen molar-refractivity contribution in [1.29, 1.82) is 0 Å². The van der Waals surface area contributed by atoms with Gasteiger partial charge >= 0.3 is 0 Å². The summed E-state index contributed by atoms with van der Waals surface area (Å²) in [5.41, 5.74) is 6.29. The maximum atomic E-state index is 8.59. The Morgan fingerprint density at radius 1 is 0.419 bits per heavy atom. The molecule has 1 heteroatoms. The summed E-state index contributed by atoms with van der Waals surface area (Å²) in [6.07, 6.45) is 0. The van der Waals surface area contributed by atoms with Gasteiger partial charge in [-0.05, 0) is 78.3 Å². The zero-order valence-corrected chi connectivity index (χ0v) is 23.0. The fourth-order valence-corrected chi connectivity index (χ4v) is 6.63. The average molecular weight is 552 g/mol. The molecule has 0 spiro atoms. The molecule has 8 aromatic carbocycles. The normalized spacial score (nSPS) is 13.3. The Morgan fingerprint density at radius 3 is 1.70 bits per heavy atom. The molecule has 0 atom stereocenters. The van der Waals surface area contributed by atoms with Gasteiger partial charge < -0.3 is 4.42 Å². The number of hydrogen-bond donors (Lipinski definition) is 0. The second-order valence-electron chi connectivity index (χ2n) is 10.9. The molecule has 9 rings (SSSR count). The molecule has 0 aliphatic carbocycles. The Morgan fingerprint density at radius 2 is 1.00 bits per heavy atom. The van der Waals surface area contributed by atoms with Gasteiger partial charge in [-0.25, -0.2) is 0 Å². The van der Waals surface area contributed by atoms with Crippen LogP contribution in [0.5, 0.6) is 0 Å². The van der Waals surface area contributed by atoms with Crippen LogP contribution in [-0.4, -0.2) is 0 Å². The predicted molar refractivity (Wildman–Crippen MR) is 183 cm³/mol. The lowest BCUT2D eigenvalue weighted by Gasteiger charge is -2.18. The third-order valence-corrected chi connectivity index (χ3v) is 8.52. The SMILES string of the molecule is [2H]c1c([2H])c([2H])c(-c2cccc3c2oc2ccc(-c4c5ccccc5c(-c5ccc6ccccc6c5)c5ccccc45)cc23)c([2H])c1[2H]. The molecule has 1 nitrogen and oxygen atoms in total. The molecule has 0 aliphatic heterocycles. The highest BCUT2D eigenvalue weighted by Gasteiger charge is 2.18. The van der Waals surface area contributed by atoms with Crippen LogP contribution >= 0.6 is 0 Å². The zero-order valence-electron chi connectivity index (χ0n) is 28.0. The Kier molecular flexibility index (Phi) is 4.27. The van der Waals surface area contributed by atoms with Crippen LogP contribution in [0.25, 0.3) is 87.6 Å². The summed E-state index contributed by atoms with van der Waals surface area (Å²) in [5, 5.41) is 8.75. The van der Waals surface area contributed by atoms with Crippen molar-refractivity contribution < 1.29 is 11.3 Å². The molecule has 1 heterocycles. The number of para-hydroxylation sites is 1. The second kappa shape index (κ2) is 9.44. The van der Waals surface area contributed by atoms with E-state index in [1.807, 2.05) is 18.2 Å². The summed E-state index contributed by atoms with van der Waals surface area (Å²) in [6.45, 7) is 0. The van der Waals surface area contributed by atoms with Crippen molar-refractivity contribution in [1.82, 2.24) is 0 Å². The number of benzene rings is 8. The predicted octanol–water partition coefficient (Wildman–Crippen LogP) is 12.0. The Bertz CT molecular complexity index is 2710. The van der Waals surface area contributed by atoms with Crippen LogP contribution < -0.4 is 0 Å². The molecule has 0 saturated carbocycles. The quantitative estimate of drug-likeness (QED) is 0.199. The van der Waals surface area contributed by atoms with E-state index < -0.39 is 6.04 Å². The van der Waals surface area contributed by atoms with E-state index in [-0.39, 0.29) is 29.7 Å². The first-order valence-corrected chi connectivity index (χ1v) is 14.4. The van der Waals surface area contributed by atoms with Crippen molar-refractivity contribution in [2.45, 2.75) is 0 Å². The Hall–Kier alpha value is -5.66. The third-order valence-electron chi connectivity index (χ3n) is 8.52. The maximum absolute atomic E-state index is 8.59. The van der Waals surface area contributed by atoms with Crippen LogP contribution in [0.3, 0.4) is 0 Å². The molecular formula is C42H26O. The third kappa shape index (κ3) is 3.72. The smallest absolute Gasteiger partial charge is 0.143 e. The van der Waals surface area contributed by atoms with E-state index in [1.165, 1.54) is 32.7 Å². The molecule has 0 aliphatic rings. The van der Waals surface area contributed by atoms with E-state index in [4.69, 9.17) is 11.3 Å². The number of rotatable bonds is 3. The van der Waals surface area contributed by atoms with Crippen molar-refractivity contribution in [3.8, 4) is 33.4 Å². The maximum Gasteiger partial charge on any atom is 0.143 e. The lowest BCUT2D eigenvalue weighted by atomic mass is 9.85. The molecular weight excluding hydrogens is 520 g/mol. The Balaban J connectivity index is 1.31. The minimum Gasteiger partial charge on any atom is -0.455 e. The standard InChI is InChI=1S/C42H26O/c1-2-12-28(13-3-1)32-19-10-20-37-38-26-31(23-24-39(38)43-42(32)37)41-35-17-8-6-15-33(35)40(34-16-7-9-18-36(34)41)30-22-21-27-11-4-5-14-29(27)25-30/h1-26H/i1D,2D,3D,12D,13D. The van der Waals surface area contributed by atoms with Gasteiger partial charge in [0.25, 0.3) is 0 Å². The highest BCUT2D eigenvalue weighted by Crippen LogP contribution is 2.45. The molecule has 0 fully saturated rings. The van der Waals surface area contributed by atoms with Crippen LogP contribution in [0.4, 0.5) is 0 Å². The van der Waals surface area contributed by atoms with Gasteiger partial charge in [-0.2, -0.15) is 0 Å². The largest absolute Gasteiger partial charge is 0.455 e. The number of hydrogen-bond acceptors (Lipinski definition) is 1. The fourth-order valence-electron chi connectivity index (χ4n) is 6.63. The van der Waals surface area contributed by atoms with E-state index in [2.05, 4.69) is 103 Å². The van der Waals surface area contributed by atoms with Gasteiger partial charge in [0.2, 0.25) is 0 Å². The topological polar surface area (TPSA) is 13.1 Å². The van der Waals surface area contributed by atoms with Crippen molar-refractivity contribution >= 4 is 54.3 Å². The molecule has 0 bridgehead atoms. The molecule has 200 valence electrons. The van der Waals surface area contributed by atoms with Crippen molar-refractivity contribution in [2.75, 3.05) is 0 Å². The first-order valence-electron chi connectivity index (χ1n) is 16.9. The second-order valence-corrected chi connectivity index (χ2v) is 10.9. The van der Waals surface area contributed by atoms with E-state index >= 15 is 0 Å². The molecule has 0 saturated heterocycles. The van der Waals surface area contributed by atoms with Gasteiger partial charge in [0.1, 0.15) is 11.2 Å². The molecule has 1 aromatic heterocycles. The zero-order chi connectivity index (χ0) is 32.7. The lowest BCUT2D eigenvalue weighted by Crippen LogP contribution is -1.91. The van der Waals surface area contributed by atoms with E-state index in [1.54, 1.807) is 6.07 Å². The number of furan rings is 1. The van der Waals surface area contributed by atoms with Crippen molar-refractivity contribution in [3.05, 3.63) is 158 Å². The van der Waals surface area contributed by atoms with Crippen LogP contribution in [0.15, 0.2) is 162 Å². The average Bonchev–Trinajstić information content (AvgIpc) is 3.50. The lowest BCUT2D eigenvalue weighted by molar-refractivity contribution is 0.670. The van der Waals surface area contributed by atoms with Gasteiger partial charge in [-0.1, -0.05) is 139 Å². The van der Waals surface area contributed by atoms with E-state index in [9.17, 15) is 0 Å². The first-order chi connectivity index (χ1) is 23.4. The summed E-state index contributed by atoms with van der Waals surface area (Å²) in [7, 11) is 0. The van der Waals surface area contributed by atoms with Crippen LogP contribution in [0.2, 0.25) is 0 Å². The minimum atomic E-state index is -0.416. The van der Waals surface area contributed by atoms with Crippen molar-refractivity contribution in [2.24, 2.45) is 0 Å². The van der Waals surface area contributed by atoms with Crippen LogP contribution in [0, 0.1) is 0 Å². The van der Waals surface area contributed by atoms with Crippen LogP contribution in [-0.2, 0) is 0 Å². The highest BCUT2D eigenvalue weighted by atomic mass is 16.3. The van der Waals surface area contributed by atoms with Crippen molar-refractivity contribution in [3.63, 3.8) is 0 Å². The molecule has 9 aromatic rings.